The summed E-state index contributed by atoms with van der Waals surface area (Å²) in [6.07, 6.45) is 3.18. The Morgan fingerprint density at radius 1 is 1.45 bits per heavy atom. The lowest BCUT2D eigenvalue weighted by atomic mass is 10.4. The van der Waals surface area contributed by atoms with Crippen molar-refractivity contribution in [3.05, 3.63) is 30.2 Å². The van der Waals surface area contributed by atoms with Crippen LogP contribution in [0.5, 0.6) is 0 Å². The topological polar surface area (TPSA) is 102 Å². The third kappa shape index (κ3) is 3.44. The van der Waals surface area contributed by atoms with E-state index >= 15 is 0 Å². The molecular formula is C11H17N5O3S. The van der Waals surface area contributed by atoms with E-state index in [4.69, 9.17) is 0 Å². The van der Waals surface area contributed by atoms with Gasteiger partial charge in [-0.05, 0) is 13.1 Å². The summed E-state index contributed by atoms with van der Waals surface area (Å²) >= 11 is 0. The first kappa shape index (κ1) is 14.7. The molecule has 110 valence electrons. The van der Waals surface area contributed by atoms with Crippen LogP contribution in [0.1, 0.15) is 11.5 Å². The molecule has 8 nitrogen and oxygen atoms in total. The molecule has 9 heteroatoms. The lowest BCUT2D eigenvalue weighted by Crippen LogP contribution is -2.26. The summed E-state index contributed by atoms with van der Waals surface area (Å²) in [7, 11) is 0.102. The number of hydrogen-bond donors (Lipinski definition) is 2. The first-order valence-electron chi connectivity index (χ1n) is 6.07. The Bertz CT molecular complexity index is 648. The molecule has 0 aliphatic heterocycles. The molecule has 0 radical (unpaired) electrons. The van der Waals surface area contributed by atoms with Gasteiger partial charge in [0.25, 0.3) is 0 Å². The number of aromatic nitrogens is 3. The fraction of sp³-hybridized carbons (Fsp3) is 0.455. The van der Waals surface area contributed by atoms with E-state index in [1.165, 1.54) is 6.39 Å². The van der Waals surface area contributed by atoms with Crippen LogP contribution in [0.3, 0.4) is 0 Å². The molecule has 2 heterocycles. The van der Waals surface area contributed by atoms with Crippen molar-refractivity contribution in [2.75, 3.05) is 13.6 Å². The monoisotopic (exact) mass is 299 g/mol. The Labute approximate surface area is 117 Å². The zero-order valence-corrected chi connectivity index (χ0v) is 12.1. The van der Waals surface area contributed by atoms with Gasteiger partial charge in [-0.1, -0.05) is 5.16 Å². The second-order valence-corrected chi connectivity index (χ2v) is 6.07. The van der Waals surface area contributed by atoms with Crippen LogP contribution in [0.15, 0.2) is 28.1 Å². The molecule has 2 rings (SSSR count). The van der Waals surface area contributed by atoms with E-state index in [1.54, 1.807) is 16.8 Å². The van der Waals surface area contributed by atoms with Crippen LogP contribution in [0.2, 0.25) is 0 Å². The molecule has 2 aromatic rings. The Hall–Kier alpha value is -1.71. The van der Waals surface area contributed by atoms with Crippen LogP contribution in [-0.2, 0) is 30.0 Å². The van der Waals surface area contributed by atoms with E-state index in [9.17, 15) is 8.42 Å². The fourth-order valence-electron chi connectivity index (χ4n) is 1.76. The predicted molar refractivity (Wildman–Crippen MR) is 71.4 cm³/mol. The summed E-state index contributed by atoms with van der Waals surface area (Å²) in [5.41, 5.74) is 0.894. The molecule has 0 atom stereocenters. The summed E-state index contributed by atoms with van der Waals surface area (Å²) in [6.45, 7) is 0.826. The van der Waals surface area contributed by atoms with Crippen molar-refractivity contribution in [2.24, 2.45) is 7.05 Å². The summed E-state index contributed by atoms with van der Waals surface area (Å²) in [5, 5.41) is 6.61. The van der Waals surface area contributed by atoms with Gasteiger partial charge in [0.15, 0.2) is 5.82 Å². The molecule has 0 aliphatic rings. The summed E-state index contributed by atoms with van der Waals surface area (Å²) in [6, 6.07) is 1.65. The number of hydrogen-bond acceptors (Lipinski definition) is 6. The highest BCUT2D eigenvalue weighted by Gasteiger charge is 2.17. The minimum Gasteiger partial charge on any atom is -0.352 e. The summed E-state index contributed by atoms with van der Waals surface area (Å²) < 4.78 is 33.1. The van der Waals surface area contributed by atoms with Gasteiger partial charge >= 0.3 is 0 Å². The molecule has 20 heavy (non-hydrogen) atoms. The number of rotatable bonds is 7. The number of sulfonamides is 1. The van der Waals surface area contributed by atoms with E-state index in [0.717, 1.165) is 5.69 Å². The van der Waals surface area contributed by atoms with Crippen molar-refractivity contribution >= 4 is 10.0 Å². The minimum atomic E-state index is -3.52. The van der Waals surface area contributed by atoms with Crippen molar-refractivity contribution in [2.45, 2.75) is 17.9 Å². The Morgan fingerprint density at radius 3 is 2.90 bits per heavy atom. The van der Waals surface area contributed by atoms with Crippen molar-refractivity contribution in [3.8, 4) is 0 Å². The molecule has 2 aromatic heterocycles. The first-order chi connectivity index (χ1) is 9.53. The van der Waals surface area contributed by atoms with Gasteiger partial charge in [-0.15, -0.1) is 0 Å². The van der Waals surface area contributed by atoms with Gasteiger partial charge in [0.05, 0.1) is 4.90 Å². The van der Waals surface area contributed by atoms with Crippen LogP contribution >= 0.6 is 0 Å². The van der Waals surface area contributed by atoms with Gasteiger partial charge in [0, 0.05) is 38.4 Å². The summed E-state index contributed by atoms with van der Waals surface area (Å²) in [5.74, 6) is 0.469. The third-order valence-corrected chi connectivity index (χ3v) is 4.23. The standard InChI is InChI=1S/C11H17N5O3S/c1-12-6-9-5-10(7-16(9)2)20(17,18)14-4-3-11-13-8-19-15-11/h5,7-8,12,14H,3-4,6H2,1-2H3. The molecule has 0 aromatic carbocycles. The molecule has 0 aliphatic carbocycles. The van der Waals surface area contributed by atoms with Crippen molar-refractivity contribution in [3.63, 3.8) is 0 Å². The Morgan fingerprint density at radius 2 is 2.25 bits per heavy atom. The number of nitrogens with zero attached hydrogens (tertiary/aromatic N) is 3. The molecular weight excluding hydrogens is 282 g/mol. The average Bonchev–Trinajstić information content (AvgIpc) is 3.01. The maximum absolute atomic E-state index is 12.1. The normalized spacial score (nSPS) is 11.9. The maximum atomic E-state index is 12.1. The van der Waals surface area contributed by atoms with E-state index in [1.807, 2.05) is 14.1 Å². The van der Waals surface area contributed by atoms with Crippen molar-refractivity contribution < 1.29 is 12.9 Å². The lowest BCUT2D eigenvalue weighted by Gasteiger charge is -2.02. The second-order valence-electron chi connectivity index (χ2n) is 4.30. The largest absolute Gasteiger partial charge is 0.352 e. The molecule has 2 N–H and O–H groups in total. The maximum Gasteiger partial charge on any atom is 0.242 e. The smallest absolute Gasteiger partial charge is 0.242 e. The molecule has 0 saturated carbocycles. The van der Waals surface area contributed by atoms with E-state index in [2.05, 4.69) is 24.7 Å². The highest BCUT2D eigenvalue weighted by Crippen LogP contribution is 2.13. The van der Waals surface area contributed by atoms with Gasteiger partial charge in [-0.3, -0.25) is 0 Å². The SMILES string of the molecule is CNCc1cc(S(=O)(=O)NCCc2ncon2)cn1C. The van der Waals surface area contributed by atoms with Gasteiger partial charge < -0.3 is 14.4 Å². The van der Waals surface area contributed by atoms with E-state index < -0.39 is 10.0 Å². The lowest BCUT2D eigenvalue weighted by molar-refractivity contribution is 0.410. The summed E-state index contributed by atoms with van der Waals surface area (Å²) in [4.78, 5) is 4.07. The number of aryl methyl sites for hydroxylation is 1. The van der Waals surface area contributed by atoms with Crippen molar-refractivity contribution in [1.82, 2.24) is 24.7 Å². The average molecular weight is 299 g/mol. The van der Waals surface area contributed by atoms with E-state index in [0.29, 0.717) is 18.8 Å². The minimum absolute atomic E-state index is 0.220. The van der Waals surface area contributed by atoms with Gasteiger partial charge in [-0.2, -0.15) is 4.98 Å². The van der Waals surface area contributed by atoms with Crippen LogP contribution < -0.4 is 10.0 Å². The van der Waals surface area contributed by atoms with Gasteiger partial charge in [0.2, 0.25) is 16.4 Å². The van der Waals surface area contributed by atoms with E-state index in [-0.39, 0.29) is 11.4 Å². The van der Waals surface area contributed by atoms with Crippen LogP contribution in [-0.4, -0.2) is 36.7 Å². The predicted octanol–water partition coefficient (Wildman–Crippen LogP) is -0.351. The Balaban J connectivity index is 2.00. The first-order valence-corrected chi connectivity index (χ1v) is 7.56. The highest BCUT2D eigenvalue weighted by atomic mass is 32.2. The molecule has 0 amide bonds. The van der Waals surface area contributed by atoms with Gasteiger partial charge in [-0.25, -0.2) is 13.1 Å². The molecule has 0 spiro atoms. The molecule has 0 saturated heterocycles. The molecule has 0 unspecified atom stereocenters. The zero-order valence-electron chi connectivity index (χ0n) is 11.3. The molecule has 0 fully saturated rings. The molecule has 0 bridgehead atoms. The van der Waals surface area contributed by atoms with Crippen LogP contribution in [0, 0.1) is 0 Å². The quantitative estimate of drug-likeness (QED) is 0.724. The van der Waals surface area contributed by atoms with Gasteiger partial charge in [0.1, 0.15) is 0 Å². The Kier molecular flexibility index (Phi) is 4.53. The van der Waals surface area contributed by atoms with Crippen molar-refractivity contribution in [1.29, 1.82) is 0 Å². The fourth-order valence-corrected chi connectivity index (χ4v) is 2.89. The highest BCUT2D eigenvalue weighted by molar-refractivity contribution is 7.89. The van der Waals surface area contributed by atoms with Crippen LogP contribution in [0.4, 0.5) is 0 Å². The zero-order chi connectivity index (χ0) is 14.6. The third-order valence-electron chi connectivity index (χ3n) is 2.80. The second kappa shape index (κ2) is 6.16. The van der Waals surface area contributed by atoms with Crippen LogP contribution in [0.25, 0.3) is 0 Å². The number of nitrogens with one attached hydrogen (secondary N) is 2.